The Morgan fingerprint density at radius 3 is 3.00 bits per heavy atom. The highest BCUT2D eigenvalue weighted by Gasteiger charge is 2.07. The molecule has 66 valence electrons. The molecule has 1 aromatic rings. The zero-order valence-electron chi connectivity index (χ0n) is 6.74. The molecule has 0 aliphatic rings. The Morgan fingerprint density at radius 1 is 1.75 bits per heavy atom. The molecule has 0 aromatic carbocycles. The first kappa shape index (κ1) is 8.73. The highest BCUT2D eigenvalue weighted by molar-refractivity contribution is 5.29. The van der Waals surface area contributed by atoms with Crippen molar-refractivity contribution >= 4 is 5.69 Å². The maximum atomic E-state index is 10.2. The number of nitrogens with zero attached hydrogens (tertiary/aromatic N) is 1. The Labute approximate surface area is 69.5 Å². The SMILES string of the molecule is COCCc1cc([N+](=O)[O-])c[nH]1. The van der Waals surface area contributed by atoms with Gasteiger partial charge < -0.3 is 9.72 Å². The van der Waals surface area contributed by atoms with Crippen LogP contribution in [0.4, 0.5) is 5.69 Å². The second kappa shape index (κ2) is 3.87. The summed E-state index contributed by atoms with van der Waals surface area (Å²) in [5.74, 6) is 0. The van der Waals surface area contributed by atoms with E-state index in [1.807, 2.05) is 0 Å². The van der Waals surface area contributed by atoms with E-state index in [4.69, 9.17) is 4.74 Å². The lowest BCUT2D eigenvalue weighted by molar-refractivity contribution is -0.384. The number of nitrogens with one attached hydrogen (secondary N) is 1. The monoisotopic (exact) mass is 170 g/mol. The molecule has 5 heteroatoms. The van der Waals surface area contributed by atoms with Crippen molar-refractivity contribution in [3.63, 3.8) is 0 Å². The van der Waals surface area contributed by atoms with E-state index in [1.165, 1.54) is 12.3 Å². The summed E-state index contributed by atoms with van der Waals surface area (Å²) in [7, 11) is 1.59. The highest BCUT2D eigenvalue weighted by Crippen LogP contribution is 2.12. The molecule has 1 aromatic heterocycles. The van der Waals surface area contributed by atoms with Gasteiger partial charge in [0.1, 0.15) is 0 Å². The van der Waals surface area contributed by atoms with Crippen molar-refractivity contribution in [3.8, 4) is 0 Å². The van der Waals surface area contributed by atoms with Crippen molar-refractivity contribution in [1.29, 1.82) is 0 Å². The maximum Gasteiger partial charge on any atom is 0.286 e. The summed E-state index contributed by atoms with van der Waals surface area (Å²) >= 11 is 0. The fraction of sp³-hybridized carbons (Fsp3) is 0.429. The van der Waals surface area contributed by atoms with Gasteiger partial charge in [-0.2, -0.15) is 0 Å². The zero-order chi connectivity index (χ0) is 8.97. The van der Waals surface area contributed by atoms with Crippen molar-refractivity contribution in [2.75, 3.05) is 13.7 Å². The molecule has 0 aliphatic carbocycles. The number of ether oxygens (including phenoxy) is 1. The fourth-order valence-electron chi connectivity index (χ4n) is 0.890. The first-order chi connectivity index (χ1) is 5.74. The van der Waals surface area contributed by atoms with Crippen LogP contribution in [-0.2, 0) is 11.2 Å². The normalized spacial score (nSPS) is 10.1. The van der Waals surface area contributed by atoms with Crippen molar-refractivity contribution in [1.82, 2.24) is 4.98 Å². The molecule has 0 bridgehead atoms. The molecule has 1 N–H and O–H groups in total. The topological polar surface area (TPSA) is 68.2 Å². The summed E-state index contributed by atoms with van der Waals surface area (Å²) in [4.78, 5) is 12.6. The molecule has 0 saturated carbocycles. The minimum atomic E-state index is -0.424. The number of aromatic amines is 1. The smallest absolute Gasteiger partial charge is 0.286 e. The first-order valence-corrected chi connectivity index (χ1v) is 3.54. The van der Waals surface area contributed by atoms with Crippen LogP contribution in [0.2, 0.25) is 0 Å². The van der Waals surface area contributed by atoms with Gasteiger partial charge in [-0.1, -0.05) is 0 Å². The summed E-state index contributed by atoms with van der Waals surface area (Å²) in [6, 6.07) is 1.51. The Bertz CT molecular complexity index is 269. The minimum absolute atomic E-state index is 0.0982. The predicted octanol–water partition coefficient (Wildman–Crippen LogP) is 1.11. The van der Waals surface area contributed by atoms with Crippen LogP contribution in [-0.4, -0.2) is 23.6 Å². The lowest BCUT2D eigenvalue weighted by atomic mass is 10.3. The quantitative estimate of drug-likeness (QED) is 0.543. The van der Waals surface area contributed by atoms with Crippen LogP contribution in [0, 0.1) is 10.1 Å². The van der Waals surface area contributed by atoms with E-state index in [0.717, 1.165) is 5.69 Å². The van der Waals surface area contributed by atoms with Gasteiger partial charge in [0, 0.05) is 25.3 Å². The highest BCUT2D eigenvalue weighted by atomic mass is 16.6. The maximum absolute atomic E-state index is 10.2. The molecule has 0 amide bonds. The molecular weight excluding hydrogens is 160 g/mol. The van der Waals surface area contributed by atoms with E-state index in [1.54, 1.807) is 7.11 Å². The minimum Gasteiger partial charge on any atom is -0.384 e. The number of methoxy groups -OCH3 is 1. The first-order valence-electron chi connectivity index (χ1n) is 3.54. The second-order valence-corrected chi connectivity index (χ2v) is 2.38. The van der Waals surface area contributed by atoms with Gasteiger partial charge in [0.2, 0.25) is 0 Å². The number of rotatable bonds is 4. The molecule has 5 nitrogen and oxygen atoms in total. The van der Waals surface area contributed by atoms with E-state index in [0.29, 0.717) is 13.0 Å². The zero-order valence-corrected chi connectivity index (χ0v) is 6.74. The molecule has 0 saturated heterocycles. The molecule has 0 radical (unpaired) electrons. The molecule has 0 aliphatic heterocycles. The van der Waals surface area contributed by atoms with Crippen molar-refractivity contribution < 1.29 is 9.66 Å². The van der Waals surface area contributed by atoms with Crippen LogP contribution < -0.4 is 0 Å². The number of H-pyrrole nitrogens is 1. The van der Waals surface area contributed by atoms with Gasteiger partial charge in [0.05, 0.1) is 17.7 Å². The Hall–Kier alpha value is -1.36. The lowest BCUT2D eigenvalue weighted by Gasteiger charge is -1.93. The summed E-state index contributed by atoms with van der Waals surface area (Å²) in [5.41, 5.74) is 0.921. The molecule has 0 atom stereocenters. The second-order valence-electron chi connectivity index (χ2n) is 2.38. The standard InChI is InChI=1S/C7H10N2O3/c1-12-3-2-6-4-7(5-8-6)9(10)11/h4-5,8H,2-3H2,1H3. The van der Waals surface area contributed by atoms with E-state index in [9.17, 15) is 10.1 Å². The third kappa shape index (κ3) is 2.06. The van der Waals surface area contributed by atoms with Gasteiger partial charge in [0.25, 0.3) is 5.69 Å². The van der Waals surface area contributed by atoms with Crippen molar-refractivity contribution in [2.45, 2.75) is 6.42 Å². The number of nitro groups is 1. The third-order valence-corrected chi connectivity index (χ3v) is 1.51. The molecule has 0 unspecified atom stereocenters. The number of aromatic nitrogens is 1. The Morgan fingerprint density at radius 2 is 2.50 bits per heavy atom. The van der Waals surface area contributed by atoms with Gasteiger partial charge in [-0.25, -0.2) is 0 Å². The number of hydrogen-bond acceptors (Lipinski definition) is 3. The fourth-order valence-corrected chi connectivity index (χ4v) is 0.890. The van der Waals surface area contributed by atoms with Gasteiger partial charge in [0.15, 0.2) is 0 Å². The van der Waals surface area contributed by atoms with Crippen LogP contribution >= 0.6 is 0 Å². The van der Waals surface area contributed by atoms with Crippen molar-refractivity contribution in [3.05, 3.63) is 28.1 Å². The summed E-state index contributed by atoms with van der Waals surface area (Å²) < 4.78 is 4.83. The summed E-state index contributed by atoms with van der Waals surface area (Å²) in [5, 5.41) is 10.2. The lowest BCUT2D eigenvalue weighted by Crippen LogP contribution is -1.93. The van der Waals surface area contributed by atoms with Crippen LogP contribution in [0.25, 0.3) is 0 Å². The molecule has 1 heterocycles. The van der Waals surface area contributed by atoms with Crippen LogP contribution in [0.3, 0.4) is 0 Å². The Kier molecular flexibility index (Phi) is 2.82. The summed E-state index contributed by atoms with van der Waals surface area (Å²) in [6.07, 6.45) is 2.05. The van der Waals surface area contributed by atoms with Crippen LogP contribution in [0.1, 0.15) is 5.69 Å². The largest absolute Gasteiger partial charge is 0.384 e. The molecule has 12 heavy (non-hydrogen) atoms. The molecule has 1 rings (SSSR count). The summed E-state index contributed by atoms with van der Waals surface area (Å²) in [6.45, 7) is 0.567. The predicted molar refractivity (Wildman–Crippen MR) is 43.0 cm³/mol. The van der Waals surface area contributed by atoms with E-state index >= 15 is 0 Å². The molecule has 0 spiro atoms. The van der Waals surface area contributed by atoms with Gasteiger partial charge in [-0.05, 0) is 0 Å². The van der Waals surface area contributed by atoms with Gasteiger partial charge in [-0.15, -0.1) is 0 Å². The molecular formula is C7H10N2O3. The van der Waals surface area contributed by atoms with Gasteiger partial charge in [-0.3, -0.25) is 10.1 Å². The van der Waals surface area contributed by atoms with E-state index < -0.39 is 4.92 Å². The Balaban J connectivity index is 2.58. The van der Waals surface area contributed by atoms with Gasteiger partial charge >= 0.3 is 0 Å². The van der Waals surface area contributed by atoms with Crippen LogP contribution in [0.5, 0.6) is 0 Å². The molecule has 0 fully saturated rings. The average molecular weight is 170 g/mol. The van der Waals surface area contributed by atoms with Crippen LogP contribution in [0.15, 0.2) is 12.3 Å². The third-order valence-electron chi connectivity index (χ3n) is 1.51. The van der Waals surface area contributed by atoms with E-state index in [-0.39, 0.29) is 5.69 Å². The number of hydrogen-bond donors (Lipinski definition) is 1. The van der Waals surface area contributed by atoms with E-state index in [2.05, 4.69) is 4.98 Å². The van der Waals surface area contributed by atoms with Crippen molar-refractivity contribution in [2.24, 2.45) is 0 Å². The average Bonchev–Trinajstić information content (AvgIpc) is 2.48.